The van der Waals surface area contributed by atoms with E-state index in [1.165, 1.54) is 0 Å². The topological polar surface area (TPSA) is 79.8 Å². The van der Waals surface area contributed by atoms with Gasteiger partial charge in [0.2, 0.25) is 0 Å². The third kappa shape index (κ3) is 4.42. The molecule has 0 bridgehead atoms. The Balaban J connectivity index is 1.47. The number of nitrogens with one attached hydrogen (secondary N) is 2. The molecule has 0 saturated heterocycles. The molecule has 1 aliphatic rings. The lowest BCUT2D eigenvalue weighted by molar-refractivity contribution is 0.171. The number of rotatable bonds is 5. The van der Waals surface area contributed by atoms with Gasteiger partial charge in [-0.3, -0.25) is 0 Å². The molecule has 25 heavy (non-hydrogen) atoms. The van der Waals surface area contributed by atoms with E-state index in [1.54, 1.807) is 0 Å². The number of ether oxygens (including phenoxy) is 2. The van der Waals surface area contributed by atoms with Gasteiger partial charge in [-0.15, -0.1) is 0 Å². The Kier molecular flexibility index (Phi) is 5.40. The van der Waals surface area contributed by atoms with Crippen LogP contribution in [0, 0.1) is 6.92 Å². The van der Waals surface area contributed by atoms with Gasteiger partial charge < -0.3 is 25.2 Å². The summed E-state index contributed by atoms with van der Waals surface area (Å²) in [6, 6.07) is 12.8. The maximum Gasteiger partial charge on any atom is 0.315 e. The van der Waals surface area contributed by atoms with Gasteiger partial charge in [0.1, 0.15) is 13.2 Å². The number of fused-ring (bicyclic) bond motifs is 1. The summed E-state index contributed by atoms with van der Waals surface area (Å²) in [6.45, 7) is 3.53. The molecule has 6 heteroatoms. The number of hydrogen-bond donors (Lipinski definition) is 3. The predicted molar refractivity (Wildman–Crippen MR) is 93.8 cm³/mol. The molecule has 0 aliphatic carbocycles. The number of aliphatic hydroxyl groups excluding tert-OH is 1. The highest BCUT2D eigenvalue weighted by atomic mass is 16.6. The molecular formula is C19H22N2O4. The maximum absolute atomic E-state index is 11.9. The van der Waals surface area contributed by atoms with Gasteiger partial charge in [-0.25, -0.2) is 4.79 Å². The van der Waals surface area contributed by atoms with Crippen molar-refractivity contribution in [3.63, 3.8) is 0 Å². The first-order valence-corrected chi connectivity index (χ1v) is 8.27. The lowest BCUT2D eigenvalue weighted by atomic mass is 10.0. The monoisotopic (exact) mass is 342 g/mol. The van der Waals surface area contributed by atoms with Gasteiger partial charge in [0.05, 0.1) is 6.10 Å². The first-order chi connectivity index (χ1) is 12.1. The minimum atomic E-state index is -0.735. The van der Waals surface area contributed by atoms with Crippen molar-refractivity contribution < 1.29 is 19.4 Å². The van der Waals surface area contributed by atoms with Crippen LogP contribution < -0.4 is 20.1 Å². The lowest BCUT2D eigenvalue weighted by Gasteiger charge is -2.19. The summed E-state index contributed by atoms with van der Waals surface area (Å²) in [7, 11) is 0. The van der Waals surface area contributed by atoms with E-state index < -0.39 is 6.10 Å². The first-order valence-electron chi connectivity index (χ1n) is 8.27. The zero-order valence-corrected chi connectivity index (χ0v) is 14.1. The van der Waals surface area contributed by atoms with Crippen molar-refractivity contribution in [3.8, 4) is 11.5 Å². The van der Waals surface area contributed by atoms with Crippen LogP contribution in [0.2, 0.25) is 0 Å². The molecule has 0 unspecified atom stereocenters. The Morgan fingerprint density at radius 2 is 1.88 bits per heavy atom. The van der Waals surface area contributed by atoms with Crippen molar-refractivity contribution >= 4 is 6.03 Å². The second-order valence-electron chi connectivity index (χ2n) is 5.91. The number of amides is 2. The highest BCUT2D eigenvalue weighted by Gasteiger charge is 2.13. The van der Waals surface area contributed by atoms with Gasteiger partial charge >= 0.3 is 6.03 Å². The molecule has 2 amide bonds. The molecule has 0 fully saturated rings. The normalized spacial score (nSPS) is 13.8. The fourth-order valence-electron chi connectivity index (χ4n) is 2.70. The summed E-state index contributed by atoms with van der Waals surface area (Å²) in [5.74, 6) is 1.42. The fourth-order valence-corrected chi connectivity index (χ4v) is 2.70. The van der Waals surface area contributed by atoms with Crippen LogP contribution in [0.1, 0.15) is 22.8 Å². The van der Waals surface area contributed by atoms with Crippen molar-refractivity contribution in [3.05, 3.63) is 59.2 Å². The maximum atomic E-state index is 11.9. The molecule has 0 radical (unpaired) electrons. The molecule has 3 N–H and O–H groups in total. The minimum Gasteiger partial charge on any atom is -0.486 e. The molecular weight excluding hydrogens is 320 g/mol. The summed E-state index contributed by atoms with van der Waals surface area (Å²) in [6.07, 6.45) is -0.735. The molecule has 3 rings (SSSR count). The predicted octanol–water partition coefficient (Wildman–Crippen LogP) is 2.30. The van der Waals surface area contributed by atoms with Crippen LogP contribution in [-0.2, 0) is 6.54 Å². The van der Waals surface area contributed by atoms with Crippen LogP contribution in [0.15, 0.2) is 42.5 Å². The largest absolute Gasteiger partial charge is 0.486 e. The van der Waals surface area contributed by atoms with Crippen LogP contribution >= 0.6 is 0 Å². The van der Waals surface area contributed by atoms with E-state index in [2.05, 4.69) is 10.6 Å². The highest BCUT2D eigenvalue weighted by molar-refractivity contribution is 5.73. The number of urea groups is 1. The standard InChI is InChI=1S/C19H22N2O4/c1-13-4-2-3-5-15(13)16(22)12-21-19(23)20-11-14-6-7-17-18(10-14)25-9-8-24-17/h2-7,10,16,22H,8-9,11-12H2,1H3,(H2,20,21,23)/t16-/m1/s1. The third-order valence-corrected chi connectivity index (χ3v) is 4.06. The average Bonchev–Trinajstić information content (AvgIpc) is 2.64. The molecule has 6 nitrogen and oxygen atoms in total. The number of benzene rings is 2. The Bertz CT molecular complexity index is 748. The number of aryl methyl sites for hydroxylation is 1. The van der Waals surface area contributed by atoms with E-state index in [4.69, 9.17) is 9.47 Å². The van der Waals surface area contributed by atoms with E-state index in [9.17, 15) is 9.90 Å². The van der Waals surface area contributed by atoms with Crippen LogP contribution in [-0.4, -0.2) is 30.9 Å². The zero-order chi connectivity index (χ0) is 17.6. The summed E-state index contributed by atoms with van der Waals surface area (Å²) >= 11 is 0. The fraction of sp³-hybridized carbons (Fsp3) is 0.316. The Hall–Kier alpha value is -2.73. The molecule has 2 aromatic carbocycles. The molecule has 0 saturated carbocycles. The van der Waals surface area contributed by atoms with Gasteiger partial charge in [-0.2, -0.15) is 0 Å². The van der Waals surface area contributed by atoms with Crippen LogP contribution in [0.5, 0.6) is 11.5 Å². The molecule has 0 aromatic heterocycles. The second-order valence-corrected chi connectivity index (χ2v) is 5.91. The number of carbonyl (C=O) groups is 1. The Morgan fingerprint density at radius 3 is 2.68 bits per heavy atom. The summed E-state index contributed by atoms with van der Waals surface area (Å²) in [5.41, 5.74) is 2.72. The van der Waals surface area contributed by atoms with Crippen molar-refractivity contribution in [1.29, 1.82) is 0 Å². The quantitative estimate of drug-likeness (QED) is 0.779. The van der Waals surface area contributed by atoms with Gasteiger partial charge in [-0.1, -0.05) is 30.3 Å². The van der Waals surface area contributed by atoms with Crippen molar-refractivity contribution in [2.75, 3.05) is 19.8 Å². The number of carbonyl (C=O) groups excluding carboxylic acids is 1. The summed E-state index contributed by atoms with van der Waals surface area (Å²) in [4.78, 5) is 11.9. The summed E-state index contributed by atoms with van der Waals surface area (Å²) in [5, 5.41) is 15.6. The van der Waals surface area contributed by atoms with E-state index >= 15 is 0 Å². The summed E-state index contributed by atoms with van der Waals surface area (Å²) < 4.78 is 11.0. The van der Waals surface area contributed by atoms with Gasteiger partial charge in [0.25, 0.3) is 0 Å². The van der Waals surface area contributed by atoms with Crippen molar-refractivity contribution in [1.82, 2.24) is 10.6 Å². The van der Waals surface area contributed by atoms with Gasteiger partial charge in [-0.05, 0) is 35.7 Å². The lowest BCUT2D eigenvalue weighted by Crippen LogP contribution is -2.37. The highest BCUT2D eigenvalue weighted by Crippen LogP contribution is 2.30. The first kappa shape index (κ1) is 17.1. The average molecular weight is 342 g/mol. The number of aliphatic hydroxyl groups is 1. The van der Waals surface area contributed by atoms with Crippen LogP contribution in [0.3, 0.4) is 0 Å². The zero-order valence-electron chi connectivity index (χ0n) is 14.1. The Morgan fingerprint density at radius 1 is 1.12 bits per heavy atom. The smallest absolute Gasteiger partial charge is 0.315 e. The van der Waals surface area contributed by atoms with E-state index in [0.717, 1.165) is 22.4 Å². The van der Waals surface area contributed by atoms with Gasteiger partial charge in [0, 0.05) is 13.1 Å². The molecule has 132 valence electrons. The van der Waals surface area contributed by atoms with Crippen molar-refractivity contribution in [2.45, 2.75) is 19.6 Å². The van der Waals surface area contributed by atoms with E-state index in [0.29, 0.717) is 25.5 Å². The molecule has 1 aliphatic heterocycles. The molecule has 1 atom stereocenters. The van der Waals surface area contributed by atoms with Gasteiger partial charge in [0.15, 0.2) is 11.5 Å². The Labute approximate surface area is 146 Å². The molecule has 0 spiro atoms. The molecule has 2 aromatic rings. The SMILES string of the molecule is Cc1ccccc1[C@H](O)CNC(=O)NCc1ccc2c(c1)OCCO2. The van der Waals surface area contributed by atoms with E-state index in [1.807, 2.05) is 49.4 Å². The molecule has 1 heterocycles. The minimum absolute atomic E-state index is 0.151. The van der Waals surface area contributed by atoms with Crippen molar-refractivity contribution in [2.24, 2.45) is 0 Å². The van der Waals surface area contributed by atoms with Crippen LogP contribution in [0.4, 0.5) is 4.79 Å². The second kappa shape index (κ2) is 7.90. The third-order valence-electron chi connectivity index (χ3n) is 4.06. The van der Waals surface area contributed by atoms with Crippen LogP contribution in [0.25, 0.3) is 0 Å². The van der Waals surface area contributed by atoms with E-state index in [-0.39, 0.29) is 12.6 Å². The number of hydrogen-bond acceptors (Lipinski definition) is 4.